The third kappa shape index (κ3) is 14.1. The van der Waals surface area contributed by atoms with Crippen molar-refractivity contribution in [2.45, 2.75) is 120 Å². The highest BCUT2D eigenvalue weighted by atomic mass is 16.3. The number of nitrogens with one attached hydrogen (secondary N) is 4. The Bertz CT molecular complexity index is 3390. The molecule has 4 aliphatic heterocycles. The molecule has 0 spiro atoms. The summed E-state index contributed by atoms with van der Waals surface area (Å²) in [4.78, 5) is 93.0. The van der Waals surface area contributed by atoms with Gasteiger partial charge in [0, 0.05) is 101 Å². The zero-order valence-electron chi connectivity index (χ0n) is 48.3. The van der Waals surface area contributed by atoms with Gasteiger partial charge in [0.1, 0.15) is 12.5 Å². The molecule has 446 valence electrons. The Morgan fingerprint density at radius 2 is 1.01 bits per heavy atom. The number of aryl methyl sites for hydroxylation is 1. The van der Waals surface area contributed by atoms with E-state index in [2.05, 4.69) is 41.0 Å². The predicted molar refractivity (Wildman–Crippen MR) is 320 cm³/mol. The summed E-state index contributed by atoms with van der Waals surface area (Å²) in [6.45, 7) is 8.02. The summed E-state index contributed by atoms with van der Waals surface area (Å²) in [7, 11) is 0. The number of amides is 6. The molecular formula is C65H76N10O10. The average molecular weight is 1160 g/mol. The van der Waals surface area contributed by atoms with Gasteiger partial charge in [-0.25, -0.2) is 9.97 Å². The number of hydrogen-bond donors (Lipinski definition) is 6. The minimum atomic E-state index is -0.926. The lowest BCUT2D eigenvalue weighted by Crippen LogP contribution is -2.43. The fraction of sp³-hybridized carbons (Fsp3) is 0.446. The molecule has 0 bridgehead atoms. The number of benzene rings is 4. The van der Waals surface area contributed by atoms with Crippen molar-refractivity contribution in [3.05, 3.63) is 155 Å². The molecule has 6 aromatic rings. The first kappa shape index (κ1) is 58.4. The van der Waals surface area contributed by atoms with Crippen LogP contribution in [0.4, 0.5) is 22.7 Å². The number of piperidine rings is 2. The molecule has 0 unspecified atom stereocenters. The van der Waals surface area contributed by atoms with Gasteiger partial charge >= 0.3 is 0 Å². The number of nitrogens with zero attached hydrogens (tertiary/aromatic N) is 6. The molecule has 20 nitrogen and oxygen atoms in total. The number of rotatable bonds is 20. The molecule has 2 saturated carbocycles. The largest absolute Gasteiger partial charge is 0.448 e. The van der Waals surface area contributed by atoms with E-state index < -0.39 is 23.0 Å². The molecule has 6 N–H and O–H groups in total. The second-order valence-corrected chi connectivity index (χ2v) is 23.5. The topological polar surface area (TPSA) is 256 Å². The molecular weight excluding hydrogens is 1080 g/mol. The van der Waals surface area contributed by atoms with E-state index in [-0.39, 0.29) is 46.9 Å². The lowest BCUT2D eigenvalue weighted by Gasteiger charge is -2.40. The lowest BCUT2D eigenvalue weighted by molar-refractivity contribution is -0.128. The number of likely N-dealkylation sites (tertiary alicyclic amines) is 2. The van der Waals surface area contributed by atoms with Gasteiger partial charge in [-0.1, -0.05) is 54.6 Å². The fourth-order valence-corrected chi connectivity index (χ4v) is 12.0. The van der Waals surface area contributed by atoms with Gasteiger partial charge in [-0.15, -0.1) is 0 Å². The Morgan fingerprint density at radius 1 is 0.565 bits per heavy atom. The van der Waals surface area contributed by atoms with Gasteiger partial charge in [-0.2, -0.15) is 0 Å². The van der Waals surface area contributed by atoms with Gasteiger partial charge in [-0.3, -0.25) is 28.8 Å². The van der Waals surface area contributed by atoms with E-state index in [1.807, 2.05) is 83.5 Å². The first-order chi connectivity index (χ1) is 41.2. The number of oxazole rings is 2. The Hall–Kier alpha value is -8.36. The maximum absolute atomic E-state index is 13.3. The maximum Gasteiger partial charge on any atom is 0.277 e. The summed E-state index contributed by atoms with van der Waals surface area (Å²) >= 11 is 0. The predicted octanol–water partition coefficient (Wildman–Crippen LogP) is 8.38. The molecule has 2 aliphatic carbocycles. The van der Waals surface area contributed by atoms with Crippen LogP contribution in [-0.2, 0) is 20.8 Å². The second-order valence-electron chi connectivity index (χ2n) is 23.5. The van der Waals surface area contributed by atoms with Crippen LogP contribution in [0.2, 0.25) is 0 Å². The van der Waals surface area contributed by atoms with E-state index in [0.717, 1.165) is 79.7 Å². The number of carbonyl (C=O) groups is 6. The second kappa shape index (κ2) is 25.9. The van der Waals surface area contributed by atoms with Crippen molar-refractivity contribution in [2.75, 3.05) is 85.9 Å². The van der Waals surface area contributed by atoms with Crippen LogP contribution in [0.25, 0.3) is 0 Å². The number of carbonyl (C=O) groups excluding carboxylic acids is 6. The Balaban J connectivity index is 0.000000177. The maximum atomic E-state index is 13.3. The monoisotopic (exact) mass is 1160 g/mol. The van der Waals surface area contributed by atoms with Crippen molar-refractivity contribution in [3.8, 4) is 0 Å². The highest BCUT2D eigenvalue weighted by molar-refractivity contribution is 6.07. The zero-order valence-corrected chi connectivity index (χ0v) is 48.3. The van der Waals surface area contributed by atoms with Gasteiger partial charge < -0.3 is 59.9 Å². The first-order valence-corrected chi connectivity index (χ1v) is 30.2. The van der Waals surface area contributed by atoms with Crippen molar-refractivity contribution < 1.29 is 47.8 Å². The van der Waals surface area contributed by atoms with Gasteiger partial charge in [-0.05, 0) is 137 Å². The molecule has 85 heavy (non-hydrogen) atoms. The lowest BCUT2D eigenvalue weighted by atomic mass is 9.82. The molecule has 0 radical (unpaired) electrons. The third-order valence-electron chi connectivity index (χ3n) is 17.3. The van der Waals surface area contributed by atoms with Gasteiger partial charge in [0.05, 0.1) is 34.0 Å². The van der Waals surface area contributed by atoms with Crippen LogP contribution in [0.1, 0.15) is 172 Å². The van der Waals surface area contributed by atoms with E-state index in [0.29, 0.717) is 138 Å². The summed E-state index contributed by atoms with van der Waals surface area (Å²) in [5.74, 6) is 0.778. The van der Waals surface area contributed by atoms with Crippen molar-refractivity contribution >= 4 is 58.2 Å². The molecule has 6 amide bonds. The van der Waals surface area contributed by atoms with Gasteiger partial charge in [0.15, 0.2) is 23.2 Å². The average Bonchev–Trinajstić information content (AvgIpc) is 2.92. The third-order valence-corrected chi connectivity index (χ3v) is 17.3. The van der Waals surface area contributed by atoms with Crippen LogP contribution >= 0.6 is 0 Å². The van der Waals surface area contributed by atoms with Crippen LogP contribution in [0.5, 0.6) is 0 Å². The van der Waals surface area contributed by atoms with Crippen LogP contribution in [0.15, 0.2) is 112 Å². The van der Waals surface area contributed by atoms with E-state index in [9.17, 15) is 39.0 Å². The van der Waals surface area contributed by atoms with E-state index in [1.165, 1.54) is 12.5 Å². The highest BCUT2D eigenvalue weighted by Crippen LogP contribution is 2.42. The van der Waals surface area contributed by atoms with E-state index >= 15 is 0 Å². The van der Waals surface area contributed by atoms with Crippen molar-refractivity contribution in [3.63, 3.8) is 0 Å². The molecule has 20 heteroatoms. The molecule has 2 aromatic heterocycles. The summed E-state index contributed by atoms with van der Waals surface area (Å²) in [6, 6.07) is 28.2. The molecule has 12 rings (SSSR count). The van der Waals surface area contributed by atoms with Crippen LogP contribution in [0.3, 0.4) is 0 Å². The van der Waals surface area contributed by atoms with Gasteiger partial charge in [0.25, 0.3) is 23.6 Å². The highest BCUT2D eigenvalue weighted by Gasteiger charge is 2.38. The number of hydrogen-bond acceptors (Lipinski definition) is 14. The van der Waals surface area contributed by atoms with Crippen LogP contribution in [0, 0.1) is 6.92 Å². The van der Waals surface area contributed by atoms with Gasteiger partial charge in [0.2, 0.25) is 11.8 Å². The molecule has 4 aromatic carbocycles. The molecule has 6 heterocycles. The summed E-state index contributed by atoms with van der Waals surface area (Å²) in [6.07, 6.45) is 13.3. The quantitative estimate of drug-likeness (QED) is 0.0393. The molecule has 6 fully saturated rings. The summed E-state index contributed by atoms with van der Waals surface area (Å²) in [5.41, 5.74) is 4.85. The standard InChI is InChI=1S/C33H39N5O5.C32H37N5O5/c1-22-6-2-3-7-25(22)33(42)13-18-37(19-14-33)28-12-11-24(30(40)34-15-5-17-38-16-4-8-29(38)39)20-26(28)35-31(41)27-21-43-32(36-27)23-9-10-23;38-28-8-4-16-37(28)17-5-15-33-29(39)23-11-12-27(36-18-13-32(41,14-19-36)24-6-2-1-3-7-24)25(20-23)34-30(40)26-21-42-31(35-26)22-9-10-22/h2-3,6-7,11-12,20-21,23,42H,4-5,8-10,13-19H2,1H3,(H,34,40)(H,35,41);1-3,6-7,11-12,20-22,41H,4-5,8-10,13-19H2,(H,33,39)(H,34,40). The summed E-state index contributed by atoms with van der Waals surface area (Å²) < 4.78 is 11.1. The minimum absolute atomic E-state index is 0.175. The number of anilines is 4. The van der Waals surface area contributed by atoms with Crippen LogP contribution in [-0.4, -0.2) is 131 Å². The van der Waals surface area contributed by atoms with Crippen molar-refractivity contribution in [2.24, 2.45) is 0 Å². The van der Waals surface area contributed by atoms with E-state index in [4.69, 9.17) is 8.83 Å². The molecule has 6 aliphatic rings. The molecule has 0 atom stereocenters. The SMILES string of the molecule is Cc1ccccc1C1(O)CCN(c2ccc(C(=O)NCCCN3CCCC3=O)cc2NC(=O)c2coc(C3CC3)n2)CC1.O=C(NCCCN1CCCC1=O)c1ccc(N2CCC(O)(c3ccccc3)CC2)c(NC(=O)c2coc(C3CC3)n2)c1. The van der Waals surface area contributed by atoms with E-state index in [1.54, 1.807) is 24.3 Å². The summed E-state index contributed by atoms with van der Waals surface area (Å²) in [5, 5.41) is 34.7. The normalized spacial score (nSPS) is 18.2. The number of aliphatic hydroxyl groups is 2. The zero-order chi connectivity index (χ0) is 59.1. The van der Waals surface area contributed by atoms with Crippen molar-refractivity contribution in [1.82, 2.24) is 30.4 Å². The first-order valence-electron chi connectivity index (χ1n) is 30.2. The smallest absolute Gasteiger partial charge is 0.277 e. The minimum Gasteiger partial charge on any atom is -0.448 e. The van der Waals surface area contributed by atoms with Crippen molar-refractivity contribution in [1.29, 1.82) is 0 Å². The Kier molecular flexibility index (Phi) is 17.8. The Labute approximate surface area is 494 Å². The Morgan fingerprint density at radius 3 is 1.45 bits per heavy atom. The van der Waals surface area contributed by atoms with Crippen LogP contribution < -0.4 is 31.1 Å². The molecule has 4 saturated heterocycles. The number of aromatic nitrogens is 2. The fourth-order valence-electron chi connectivity index (χ4n) is 12.0.